The molecular formula is C21H34O4. The molecule has 0 spiro atoms. The fourth-order valence-corrected chi connectivity index (χ4v) is 2.67. The first-order valence-electron chi connectivity index (χ1n) is 9.78. The van der Waals surface area contributed by atoms with E-state index in [0.29, 0.717) is 12.2 Å². The van der Waals surface area contributed by atoms with E-state index in [4.69, 9.17) is 9.47 Å². The molecule has 4 heteroatoms. The highest BCUT2D eigenvalue weighted by molar-refractivity contribution is 5.89. The highest BCUT2D eigenvalue weighted by Gasteiger charge is 2.06. The summed E-state index contributed by atoms with van der Waals surface area (Å²) in [6.07, 6.45) is 13.1. The van der Waals surface area contributed by atoms with Gasteiger partial charge in [-0.15, -0.1) is 0 Å². The zero-order valence-corrected chi connectivity index (χ0v) is 15.7. The van der Waals surface area contributed by atoms with E-state index in [0.717, 1.165) is 13.0 Å². The molecule has 1 rings (SSSR count). The van der Waals surface area contributed by atoms with Crippen molar-refractivity contribution in [2.45, 2.75) is 71.1 Å². The Labute approximate surface area is 152 Å². The Balaban J connectivity index is 1.84. The van der Waals surface area contributed by atoms with E-state index in [9.17, 15) is 9.90 Å². The first kappa shape index (κ1) is 21.5. The minimum atomic E-state index is -0.387. The third-order valence-corrected chi connectivity index (χ3v) is 4.21. The van der Waals surface area contributed by atoms with Crippen LogP contribution in [0.5, 0.6) is 5.75 Å². The van der Waals surface area contributed by atoms with Crippen LogP contribution in [0.15, 0.2) is 24.3 Å². The average molecular weight is 350 g/mol. The van der Waals surface area contributed by atoms with Gasteiger partial charge in [-0.05, 0) is 30.7 Å². The minimum Gasteiger partial charge on any atom is -0.508 e. The van der Waals surface area contributed by atoms with Crippen molar-refractivity contribution in [3.8, 4) is 5.75 Å². The maximum atomic E-state index is 11.7. The fourth-order valence-electron chi connectivity index (χ4n) is 2.67. The van der Waals surface area contributed by atoms with Gasteiger partial charge < -0.3 is 14.6 Å². The number of rotatable bonds is 15. The third-order valence-electron chi connectivity index (χ3n) is 4.21. The van der Waals surface area contributed by atoms with Crippen molar-refractivity contribution in [3.63, 3.8) is 0 Å². The number of hydrogen-bond acceptors (Lipinski definition) is 4. The normalized spacial score (nSPS) is 10.8. The van der Waals surface area contributed by atoms with Crippen molar-refractivity contribution >= 4 is 5.97 Å². The molecule has 0 saturated heterocycles. The van der Waals surface area contributed by atoms with Crippen LogP contribution in [0, 0.1) is 0 Å². The maximum absolute atomic E-state index is 11.7. The molecular weight excluding hydrogens is 316 g/mol. The Morgan fingerprint density at radius 3 is 1.96 bits per heavy atom. The molecule has 0 saturated carbocycles. The van der Waals surface area contributed by atoms with E-state index in [1.165, 1.54) is 69.9 Å². The molecule has 0 fully saturated rings. The molecule has 142 valence electrons. The highest BCUT2D eigenvalue weighted by atomic mass is 16.6. The van der Waals surface area contributed by atoms with E-state index in [-0.39, 0.29) is 18.3 Å². The number of unbranched alkanes of at least 4 members (excludes halogenated alkanes) is 9. The number of hydrogen-bond donors (Lipinski definition) is 1. The summed E-state index contributed by atoms with van der Waals surface area (Å²) in [6, 6.07) is 6.03. The molecule has 0 aliphatic rings. The lowest BCUT2D eigenvalue weighted by Crippen LogP contribution is -2.11. The molecule has 0 amide bonds. The lowest BCUT2D eigenvalue weighted by Gasteiger charge is -2.06. The SMILES string of the molecule is CCCCCCCCCCCCOCCOC(=O)c1ccc(O)cc1. The number of ether oxygens (including phenoxy) is 2. The topological polar surface area (TPSA) is 55.8 Å². The quantitative estimate of drug-likeness (QED) is 0.336. The molecule has 0 radical (unpaired) electrons. The molecule has 0 bridgehead atoms. The second-order valence-electron chi connectivity index (χ2n) is 6.48. The van der Waals surface area contributed by atoms with Gasteiger partial charge in [-0.1, -0.05) is 64.7 Å². The summed E-state index contributed by atoms with van der Waals surface area (Å²) in [5, 5.41) is 9.17. The number of esters is 1. The molecule has 0 unspecified atom stereocenters. The number of aromatic hydroxyl groups is 1. The molecule has 25 heavy (non-hydrogen) atoms. The molecule has 1 aromatic rings. The number of phenols is 1. The Bertz CT molecular complexity index is 442. The lowest BCUT2D eigenvalue weighted by atomic mass is 10.1. The van der Waals surface area contributed by atoms with Crippen LogP contribution < -0.4 is 0 Å². The van der Waals surface area contributed by atoms with Crippen LogP contribution in [0.2, 0.25) is 0 Å². The second kappa shape index (κ2) is 14.8. The first-order valence-corrected chi connectivity index (χ1v) is 9.78. The van der Waals surface area contributed by atoms with Crippen molar-refractivity contribution in [3.05, 3.63) is 29.8 Å². The standard InChI is InChI=1S/C21H34O4/c1-2-3-4-5-6-7-8-9-10-11-16-24-17-18-25-21(23)19-12-14-20(22)15-13-19/h12-15,22H,2-11,16-18H2,1H3. The van der Waals surface area contributed by atoms with Crippen LogP contribution >= 0.6 is 0 Å². The number of benzene rings is 1. The monoisotopic (exact) mass is 350 g/mol. The zero-order chi connectivity index (χ0) is 18.2. The Morgan fingerprint density at radius 1 is 0.800 bits per heavy atom. The molecule has 0 heterocycles. The van der Waals surface area contributed by atoms with Crippen LogP contribution in [-0.4, -0.2) is 30.9 Å². The van der Waals surface area contributed by atoms with Crippen LogP contribution in [-0.2, 0) is 9.47 Å². The largest absolute Gasteiger partial charge is 0.508 e. The Morgan fingerprint density at radius 2 is 1.36 bits per heavy atom. The van der Waals surface area contributed by atoms with Gasteiger partial charge in [0.15, 0.2) is 0 Å². The summed E-state index contributed by atoms with van der Waals surface area (Å²) in [5.41, 5.74) is 0.437. The van der Waals surface area contributed by atoms with E-state index in [1.807, 2.05) is 0 Å². The molecule has 4 nitrogen and oxygen atoms in total. The van der Waals surface area contributed by atoms with Crippen LogP contribution in [0.25, 0.3) is 0 Å². The van der Waals surface area contributed by atoms with Gasteiger partial charge in [0.05, 0.1) is 12.2 Å². The van der Waals surface area contributed by atoms with Gasteiger partial charge >= 0.3 is 5.97 Å². The van der Waals surface area contributed by atoms with Gasteiger partial charge in [-0.2, -0.15) is 0 Å². The summed E-state index contributed by atoms with van der Waals surface area (Å²) >= 11 is 0. The van der Waals surface area contributed by atoms with Gasteiger partial charge in [0.1, 0.15) is 12.4 Å². The van der Waals surface area contributed by atoms with Gasteiger partial charge in [0, 0.05) is 6.61 Å². The van der Waals surface area contributed by atoms with E-state index < -0.39 is 0 Å². The lowest BCUT2D eigenvalue weighted by molar-refractivity contribution is 0.0312. The van der Waals surface area contributed by atoms with E-state index in [2.05, 4.69) is 6.92 Å². The summed E-state index contributed by atoms with van der Waals surface area (Å²) < 4.78 is 10.6. The zero-order valence-electron chi connectivity index (χ0n) is 15.7. The fraction of sp³-hybridized carbons (Fsp3) is 0.667. The summed E-state index contributed by atoms with van der Waals surface area (Å²) in [5.74, 6) is -0.251. The van der Waals surface area contributed by atoms with Crippen LogP contribution in [0.3, 0.4) is 0 Å². The molecule has 0 aliphatic heterocycles. The first-order chi connectivity index (χ1) is 12.2. The molecule has 0 aromatic heterocycles. The van der Waals surface area contributed by atoms with Crippen molar-refractivity contribution in [2.75, 3.05) is 19.8 Å². The van der Waals surface area contributed by atoms with E-state index >= 15 is 0 Å². The van der Waals surface area contributed by atoms with Crippen LogP contribution in [0.1, 0.15) is 81.5 Å². The number of carbonyl (C=O) groups excluding carboxylic acids is 1. The summed E-state index contributed by atoms with van der Waals surface area (Å²) in [6.45, 7) is 3.67. The number of carbonyl (C=O) groups is 1. The minimum absolute atomic E-state index is 0.136. The third kappa shape index (κ3) is 11.6. The van der Waals surface area contributed by atoms with E-state index in [1.54, 1.807) is 12.1 Å². The van der Waals surface area contributed by atoms with Gasteiger partial charge in [-0.25, -0.2) is 4.79 Å². The molecule has 0 aliphatic carbocycles. The smallest absolute Gasteiger partial charge is 0.338 e. The van der Waals surface area contributed by atoms with Crippen LogP contribution in [0.4, 0.5) is 0 Å². The van der Waals surface area contributed by atoms with Crippen molar-refractivity contribution < 1.29 is 19.4 Å². The van der Waals surface area contributed by atoms with Gasteiger partial charge in [-0.3, -0.25) is 0 Å². The van der Waals surface area contributed by atoms with Crippen molar-refractivity contribution in [2.24, 2.45) is 0 Å². The van der Waals surface area contributed by atoms with Crippen molar-refractivity contribution in [1.29, 1.82) is 0 Å². The average Bonchev–Trinajstić information content (AvgIpc) is 2.62. The predicted octanol–water partition coefficient (Wildman–Crippen LogP) is 5.49. The maximum Gasteiger partial charge on any atom is 0.338 e. The predicted molar refractivity (Wildman–Crippen MR) is 101 cm³/mol. The Kier molecular flexibility index (Phi) is 12.7. The molecule has 1 N–H and O–H groups in total. The van der Waals surface area contributed by atoms with Gasteiger partial charge in [0.25, 0.3) is 0 Å². The molecule has 1 aromatic carbocycles. The van der Waals surface area contributed by atoms with Gasteiger partial charge in [0.2, 0.25) is 0 Å². The molecule has 0 atom stereocenters. The highest BCUT2D eigenvalue weighted by Crippen LogP contribution is 2.11. The second-order valence-corrected chi connectivity index (χ2v) is 6.48. The van der Waals surface area contributed by atoms with Crippen molar-refractivity contribution in [1.82, 2.24) is 0 Å². The summed E-state index contributed by atoms with van der Waals surface area (Å²) in [4.78, 5) is 11.7. The summed E-state index contributed by atoms with van der Waals surface area (Å²) in [7, 11) is 0. The Hall–Kier alpha value is -1.55. The number of phenolic OH excluding ortho intramolecular Hbond substituents is 1.